The van der Waals surface area contributed by atoms with E-state index in [9.17, 15) is 0 Å². The van der Waals surface area contributed by atoms with Crippen LogP contribution in [0.4, 0.5) is 0 Å². The first-order valence-electron chi connectivity index (χ1n) is 6.48. The van der Waals surface area contributed by atoms with Crippen LogP contribution >= 0.6 is 0 Å². The molecule has 0 saturated heterocycles. The predicted molar refractivity (Wildman–Crippen MR) is 73.6 cm³/mol. The minimum atomic E-state index is 0.582. The lowest BCUT2D eigenvalue weighted by molar-refractivity contribution is 0.413. The van der Waals surface area contributed by atoms with E-state index in [4.69, 9.17) is 4.74 Å². The number of hydrogen-bond acceptors (Lipinski definition) is 2. The van der Waals surface area contributed by atoms with E-state index in [0.717, 1.165) is 18.7 Å². The zero-order valence-electron chi connectivity index (χ0n) is 11.5. The van der Waals surface area contributed by atoms with Crippen LogP contribution in [0.1, 0.15) is 32.8 Å². The van der Waals surface area contributed by atoms with Crippen LogP contribution in [0.3, 0.4) is 0 Å². The maximum atomic E-state index is 5.24. The summed E-state index contributed by atoms with van der Waals surface area (Å²) in [6.45, 7) is 7.78. The van der Waals surface area contributed by atoms with Gasteiger partial charge < -0.3 is 10.1 Å². The molecule has 0 radical (unpaired) electrons. The Hall–Kier alpha value is -1.02. The van der Waals surface area contributed by atoms with Crippen LogP contribution in [0.25, 0.3) is 0 Å². The standard InChI is InChI=1S/C15H25NO/c1-12(2)16-9-8-13(3)10-14-6-5-7-15(11-14)17-4/h5-7,11-13,16H,8-10H2,1-4H3. The fourth-order valence-corrected chi connectivity index (χ4v) is 1.92. The van der Waals surface area contributed by atoms with Crippen LogP contribution in [0.5, 0.6) is 5.75 Å². The Balaban J connectivity index is 2.36. The van der Waals surface area contributed by atoms with Crippen molar-refractivity contribution in [3.05, 3.63) is 29.8 Å². The quantitative estimate of drug-likeness (QED) is 0.783. The molecule has 0 spiro atoms. The van der Waals surface area contributed by atoms with E-state index in [-0.39, 0.29) is 0 Å². The molecule has 1 aromatic carbocycles. The van der Waals surface area contributed by atoms with Crippen LogP contribution in [-0.4, -0.2) is 19.7 Å². The maximum Gasteiger partial charge on any atom is 0.119 e. The SMILES string of the molecule is COc1cccc(CC(C)CCNC(C)C)c1. The summed E-state index contributed by atoms with van der Waals surface area (Å²) in [5.41, 5.74) is 1.36. The number of ether oxygens (including phenoxy) is 1. The lowest BCUT2D eigenvalue weighted by Gasteiger charge is -2.14. The Kier molecular flexibility index (Phi) is 6.06. The van der Waals surface area contributed by atoms with Gasteiger partial charge in [0.15, 0.2) is 0 Å². The van der Waals surface area contributed by atoms with E-state index in [1.165, 1.54) is 12.0 Å². The first-order valence-corrected chi connectivity index (χ1v) is 6.48. The second kappa shape index (κ2) is 7.33. The van der Waals surface area contributed by atoms with Crippen molar-refractivity contribution < 1.29 is 4.74 Å². The van der Waals surface area contributed by atoms with Crippen molar-refractivity contribution in [3.63, 3.8) is 0 Å². The van der Waals surface area contributed by atoms with Gasteiger partial charge in [0.25, 0.3) is 0 Å². The monoisotopic (exact) mass is 235 g/mol. The molecule has 1 rings (SSSR count). The Morgan fingerprint density at radius 2 is 2.00 bits per heavy atom. The van der Waals surface area contributed by atoms with Gasteiger partial charge in [0, 0.05) is 6.04 Å². The third-order valence-electron chi connectivity index (χ3n) is 2.91. The number of hydrogen-bond donors (Lipinski definition) is 1. The van der Waals surface area contributed by atoms with Crippen LogP contribution in [0, 0.1) is 5.92 Å². The molecule has 0 aliphatic heterocycles. The highest BCUT2D eigenvalue weighted by atomic mass is 16.5. The van der Waals surface area contributed by atoms with Crippen molar-refractivity contribution in [1.82, 2.24) is 5.32 Å². The lowest BCUT2D eigenvalue weighted by atomic mass is 9.98. The number of rotatable bonds is 7. The van der Waals surface area contributed by atoms with Gasteiger partial charge in [-0.05, 0) is 43.0 Å². The molecule has 0 heterocycles. The van der Waals surface area contributed by atoms with Gasteiger partial charge in [-0.3, -0.25) is 0 Å². The fraction of sp³-hybridized carbons (Fsp3) is 0.600. The summed E-state index contributed by atoms with van der Waals surface area (Å²) >= 11 is 0. The second-order valence-corrected chi connectivity index (χ2v) is 5.06. The molecule has 1 aromatic rings. The maximum absolute atomic E-state index is 5.24. The molecule has 0 saturated carbocycles. The molecule has 0 amide bonds. The highest BCUT2D eigenvalue weighted by Gasteiger charge is 2.05. The number of benzene rings is 1. The van der Waals surface area contributed by atoms with Gasteiger partial charge in [-0.15, -0.1) is 0 Å². The third kappa shape index (κ3) is 5.73. The minimum Gasteiger partial charge on any atom is -0.497 e. The van der Waals surface area contributed by atoms with Crippen LogP contribution in [-0.2, 0) is 6.42 Å². The summed E-state index contributed by atoms with van der Waals surface area (Å²) in [4.78, 5) is 0. The molecule has 2 nitrogen and oxygen atoms in total. The third-order valence-corrected chi connectivity index (χ3v) is 2.91. The molecule has 17 heavy (non-hydrogen) atoms. The van der Waals surface area contributed by atoms with E-state index in [1.807, 2.05) is 6.07 Å². The minimum absolute atomic E-state index is 0.582. The van der Waals surface area contributed by atoms with E-state index in [0.29, 0.717) is 12.0 Å². The average Bonchev–Trinajstić information content (AvgIpc) is 2.28. The summed E-state index contributed by atoms with van der Waals surface area (Å²) in [6.07, 6.45) is 2.34. The first kappa shape index (κ1) is 14.0. The molecule has 1 atom stereocenters. The Labute approximate surface area is 105 Å². The van der Waals surface area contributed by atoms with Gasteiger partial charge in [-0.1, -0.05) is 32.9 Å². The van der Waals surface area contributed by atoms with Crippen LogP contribution in [0.15, 0.2) is 24.3 Å². The van der Waals surface area contributed by atoms with Crippen molar-refractivity contribution in [3.8, 4) is 5.75 Å². The summed E-state index contributed by atoms with van der Waals surface area (Å²) in [6, 6.07) is 8.95. The van der Waals surface area contributed by atoms with Crippen molar-refractivity contribution >= 4 is 0 Å². The normalized spacial score (nSPS) is 12.8. The molecular formula is C15H25NO. The Bertz CT molecular complexity index is 322. The molecule has 0 bridgehead atoms. The zero-order chi connectivity index (χ0) is 12.7. The highest BCUT2D eigenvalue weighted by Crippen LogP contribution is 2.17. The van der Waals surface area contributed by atoms with Gasteiger partial charge >= 0.3 is 0 Å². The molecule has 2 heteroatoms. The Morgan fingerprint density at radius 3 is 2.65 bits per heavy atom. The van der Waals surface area contributed by atoms with Gasteiger partial charge in [0.05, 0.1) is 7.11 Å². The lowest BCUT2D eigenvalue weighted by Crippen LogP contribution is -2.25. The summed E-state index contributed by atoms with van der Waals surface area (Å²) in [5, 5.41) is 3.46. The van der Waals surface area contributed by atoms with Gasteiger partial charge in [-0.2, -0.15) is 0 Å². The largest absolute Gasteiger partial charge is 0.497 e. The Morgan fingerprint density at radius 1 is 1.24 bits per heavy atom. The zero-order valence-corrected chi connectivity index (χ0v) is 11.5. The molecule has 1 unspecified atom stereocenters. The number of nitrogens with one attached hydrogen (secondary N) is 1. The molecule has 0 aliphatic carbocycles. The van der Waals surface area contributed by atoms with Gasteiger partial charge in [0.1, 0.15) is 5.75 Å². The molecule has 96 valence electrons. The molecule has 0 aliphatic rings. The average molecular weight is 235 g/mol. The summed E-state index contributed by atoms with van der Waals surface area (Å²) in [7, 11) is 1.72. The van der Waals surface area contributed by atoms with Crippen molar-refractivity contribution in [2.45, 2.75) is 39.7 Å². The summed E-state index contributed by atoms with van der Waals surface area (Å²) < 4.78 is 5.24. The fourth-order valence-electron chi connectivity index (χ4n) is 1.92. The van der Waals surface area contributed by atoms with E-state index in [1.54, 1.807) is 7.11 Å². The molecule has 1 N–H and O–H groups in total. The molecule has 0 aromatic heterocycles. The second-order valence-electron chi connectivity index (χ2n) is 5.06. The van der Waals surface area contributed by atoms with E-state index in [2.05, 4.69) is 44.3 Å². The molecular weight excluding hydrogens is 210 g/mol. The van der Waals surface area contributed by atoms with Crippen molar-refractivity contribution in [2.75, 3.05) is 13.7 Å². The van der Waals surface area contributed by atoms with Crippen molar-refractivity contribution in [2.24, 2.45) is 5.92 Å². The van der Waals surface area contributed by atoms with Gasteiger partial charge in [0.2, 0.25) is 0 Å². The number of methoxy groups -OCH3 is 1. The summed E-state index contributed by atoms with van der Waals surface area (Å²) in [5.74, 6) is 1.66. The van der Waals surface area contributed by atoms with Crippen LogP contribution in [0.2, 0.25) is 0 Å². The van der Waals surface area contributed by atoms with Crippen molar-refractivity contribution in [1.29, 1.82) is 0 Å². The highest BCUT2D eigenvalue weighted by molar-refractivity contribution is 5.28. The first-order chi connectivity index (χ1) is 8.11. The smallest absolute Gasteiger partial charge is 0.119 e. The predicted octanol–water partition coefficient (Wildman–Crippen LogP) is 3.26. The van der Waals surface area contributed by atoms with Gasteiger partial charge in [-0.25, -0.2) is 0 Å². The van der Waals surface area contributed by atoms with E-state index >= 15 is 0 Å². The molecule has 0 fully saturated rings. The topological polar surface area (TPSA) is 21.3 Å². The van der Waals surface area contributed by atoms with Crippen LogP contribution < -0.4 is 10.1 Å². The van der Waals surface area contributed by atoms with E-state index < -0.39 is 0 Å².